The Balaban J connectivity index is 1.29. The Kier molecular flexibility index (Phi) is 6.71. The molecule has 1 aromatic heterocycles. The number of imidazole rings is 1. The van der Waals surface area contributed by atoms with Crippen molar-refractivity contribution in [3.63, 3.8) is 0 Å². The summed E-state index contributed by atoms with van der Waals surface area (Å²) in [5, 5.41) is 12.9. The Bertz CT molecular complexity index is 1760. The van der Waals surface area contributed by atoms with Crippen LogP contribution in [0.5, 0.6) is 0 Å². The maximum atomic E-state index is 14.0. The molecule has 2 aliphatic carbocycles. The molecular formula is C29H23ClF3N3O4S. The number of rotatable bonds is 6. The van der Waals surface area contributed by atoms with Crippen molar-refractivity contribution in [2.75, 3.05) is 5.32 Å². The van der Waals surface area contributed by atoms with E-state index >= 15 is 0 Å². The lowest BCUT2D eigenvalue weighted by molar-refractivity contribution is -0.0252. The maximum absolute atomic E-state index is 14.0. The Morgan fingerprint density at radius 2 is 1.76 bits per heavy atom. The monoisotopic (exact) mass is 601 g/mol. The van der Waals surface area contributed by atoms with Gasteiger partial charge in [-0.3, -0.25) is 4.79 Å². The minimum Gasteiger partial charge on any atom is -0.382 e. The number of nitrogens with zero attached hydrogens (tertiary/aromatic N) is 1. The molecule has 2 saturated carbocycles. The third-order valence-electron chi connectivity index (χ3n) is 8.07. The number of fused-ring (bicyclic) bond motifs is 2. The zero-order chi connectivity index (χ0) is 29.1. The van der Waals surface area contributed by atoms with Gasteiger partial charge in [0.1, 0.15) is 11.4 Å². The van der Waals surface area contributed by atoms with Crippen LogP contribution in [-0.2, 0) is 15.4 Å². The van der Waals surface area contributed by atoms with Crippen molar-refractivity contribution in [3.8, 4) is 11.3 Å². The average molecular weight is 602 g/mol. The number of hydrogen-bond acceptors (Lipinski definition) is 5. The first kappa shape index (κ1) is 27.5. The number of halogens is 4. The first-order valence-corrected chi connectivity index (χ1v) is 14.7. The van der Waals surface area contributed by atoms with Gasteiger partial charge >= 0.3 is 0 Å². The van der Waals surface area contributed by atoms with Gasteiger partial charge in [-0.1, -0.05) is 41.9 Å². The van der Waals surface area contributed by atoms with Crippen molar-refractivity contribution < 1.29 is 31.5 Å². The van der Waals surface area contributed by atoms with Gasteiger partial charge in [0, 0.05) is 29.3 Å². The van der Waals surface area contributed by atoms with Gasteiger partial charge in [0.2, 0.25) is 0 Å². The lowest BCUT2D eigenvalue weighted by atomic mass is 9.83. The van der Waals surface area contributed by atoms with Crippen LogP contribution in [0.15, 0.2) is 71.8 Å². The van der Waals surface area contributed by atoms with E-state index in [1.165, 1.54) is 12.1 Å². The van der Waals surface area contributed by atoms with Crippen molar-refractivity contribution in [1.82, 2.24) is 9.97 Å². The van der Waals surface area contributed by atoms with Crippen molar-refractivity contribution in [2.24, 2.45) is 11.8 Å². The number of nitrogens with one attached hydrogen (secondary N) is 2. The van der Waals surface area contributed by atoms with Crippen LogP contribution in [0.2, 0.25) is 5.02 Å². The third kappa shape index (κ3) is 4.61. The van der Waals surface area contributed by atoms with E-state index < -0.39 is 50.0 Å². The smallest absolute Gasteiger partial charge is 0.255 e. The number of amides is 1. The normalized spacial score (nSPS) is 23.6. The minimum absolute atomic E-state index is 0.111. The first-order chi connectivity index (χ1) is 19.5. The van der Waals surface area contributed by atoms with E-state index in [2.05, 4.69) is 15.3 Å². The number of carbonyl (C=O) groups excluding carboxylic acids is 1. The number of hydrogen-bond donors (Lipinski definition) is 3. The molecule has 2 unspecified atom stereocenters. The van der Waals surface area contributed by atoms with Crippen LogP contribution in [-0.4, -0.2) is 34.6 Å². The van der Waals surface area contributed by atoms with Crippen molar-refractivity contribution in [2.45, 2.75) is 35.0 Å². The Morgan fingerprint density at radius 3 is 2.46 bits per heavy atom. The van der Waals surface area contributed by atoms with E-state index in [1.807, 2.05) is 30.3 Å². The molecule has 4 aromatic rings. The van der Waals surface area contributed by atoms with Gasteiger partial charge in [-0.2, -0.15) is 0 Å². The summed E-state index contributed by atoms with van der Waals surface area (Å²) in [5.74, 6) is -6.29. The second kappa shape index (κ2) is 10.0. The SMILES string of the molecule is O=C(Nc1cc(F)c(F)c(F)c1)c1ccc(Cl)c(S(=O)(=O)[C@@H]2C3CCC2[C@@](O)(c2ncc(-c4ccccc4)[nH]2)C3)c1. The second-order valence-electron chi connectivity index (χ2n) is 10.4. The molecule has 3 N–H and O–H groups in total. The molecule has 6 rings (SSSR count). The molecule has 2 fully saturated rings. The van der Waals surface area contributed by atoms with Crippen LogP contribution in [0.4, 0.5) is 18.9 Å². The summed E-state index contributed by atoms with van der Waals surface area (Å²) >= 11 is 6.33. The average Bonchev–Trinajstić information content (AvgIpc) is 3.67. The minimum atomic E-state index is -4.16. The highest BCUT2D eigenvalue weighted by atomic mass is 35.5. The van der Waals surface area contributed by atoms with Gasteiger partial charge < -0.3 is 15.4 Å². The molecule has 41 heavy (non-hydrogen) atoms. The number of H-pyrrole nitrogens is 1. The molecule has 1 amide bonds. The molecule has 0 saturated heterocycles. The highest BCUT2D eigenvalue weighted by molar-refractivity contribution is 7.92. The van der Waals surface area contributed by atoms with E-state index in [4.69, 9.17) is 11.6 Å². The number of benzene rings is 3. The Morgan fingerprint density at radius 1 is 1.05 bits per heavy atom. The van der Waals surface area contributed by atoms with E-state index in [0.717, 1.165) is 11.6 Å². The molecule has 0 aliphatic heterocycles. The van der Waals surface area contributed by atoms with Crippen LogP contribution >= 0.6 is 11.6 Å². The number of aromatic nitrogens is 2. The molecule has 0 radical (unpaired) electrons. The number of carbonyl (C=O) groups is 1. The van der Waals surface area contributed by atoms with Crippen LogP contribution in [0, 0.1) is 29.3 Å². The molecule has 212 valence electrons. The number of sulfone groups is 1. The van der Waals surface area contributed by atoms with Crippen molar-refractivity contribution in [3.05, 3.63) is 101 Å². The third-order valence-corrected chi connectivity index (χ3v) is 10.9. The topological polar surface area (TPSA) is 112 Å². The van der Waals surface area contributed by atoms with Crippen LogP contribution in [0.1, 0.15) is 35.4 Å². The van der Waals surface area contributed by atoms with Crippen molar-refractivity contribution in [1.29, 1.82) is 0 Å². The van der Waals surface area contributed by atoms with Crippen molar-refractivity contribution >= 4 is 33.0 Å². The molecule has 0 spiro atoms. The summed E-state index contributed by atoms with van der Waals surface area (Å²) < 4.78 is 68.5. The largest absolute Gasteiger partial charge is 0.382 e. The highest BCUT2D eigenvalue weighted by Gasteiger charge is 2.63. The molecule has 12 heteroatoms. The van der Waals surface area contributed by atoms with Crippen LogP contribution in [0.25, 0.3) is 11.3 Å². The van der Waals surface area contributed by atoms with Gasteiger partial charge in [0.05, 0.1) is 27.1 Å². The molecule has 2 bridgehead atoms. The maximum Gasteiger partial charge on any atom is 0.255 e. The summed E-state index contributed by atoms with van der Waals surface area (Å²) in [7, 11) is -4.16. The predicted molar refractivity (Wildman–Crippen MR) is 145 cm³/mol. The van der Waals surface area contributed by atoms with Gasteiger partial charge in [-0.05, 0) is 48.9 Å². The quantitative estimate of drug-likeness (QED) is 0.240. The van der Waals surface area contributed by atoms with Crippen LogP contribution in [0.3, 0.4) is 0 Å². The van der Waals surface area contributed by atoms with Crippen LogP contribution < -0.4 is 5.32 Å². The number of aliphatic hydroxyl groups is 1. The summed E-state index contributed by atoms with van der Waals surface area (Å²) in [6.45, 7) is 0. The lowest BCUT2D eigenvalue weighted by Gasteiger charge is -2.31. The standard InChI is InChI=1S/C29H23ClF3N3O4S/c30-20-9-7-16(27(37)35-18-11-21(31)25(33)22(32)12-18)10-24(20)41(39,40)26-17-6-8-19(26)29(38,13-17)28-34-14-23(36-28)15-4-2-1-3-5-15/h1-5,7,9-12,14,17,19,26,38H,6,8,13H2,(H,34,36)(H,35,37)/t17?,19?,26-,29-/m1/s1. The van der Waals surface area contributed by atoms with Gasteiger partial charge in [-0.15, -0.1) is 0 Å². The molecule has 7 nitrogen and oxygen atoms in total. The fourth-order valence-corrected chi connectivity index (χ4v) is 9.12. The molecule has 4 atom stereocenters. The van der Waals surface area contributed by atoms with Gasteiger partial charge in [0.15, 0.2) is 27.3 Å². The van der Waals surface area contributed by atoms with E-state index in [0.29, 0.717) is 36.5 Å². The first-order valence-electron chi connectivity index (χ1n) is 12.8. The summed E-state index contributed by atoms with van der Waals surface area (Å²) in [6.07, 6.45) is 2.83. The molecule has 1 heterocycles. The highest BCUT2D eigenvalue weighted by Crippen LogP contribution is 2.58. The Labute approximate surface area is 238 Å². The molecular weight excluding hydrogens is 579 g/mol. The van der Waals surface area contributed by atoms with Gasteiger partial charge in [-0.25, -0.2) is 26.6 Å². The summed E-state index contributed by atoms with van der Waals surface area (Å²) in [4.78, 5) is 20.1. The Hall–Kier alpha value is -3.67. The fraction of sp³-hybridized carbons (Fsp3) is 0.241. The zero-order valence-electron chi connectivity index (χ0n) is 21.2. The number of aromatic amines is 1. The van der Waals surface area contributed by atoms with E-state index in [-0.39, 0.29) is 33.5 Å². The molecule has 2 aliphatic rings. The van der Waals surface area contributed by atoms with E-state index in [9.17, 15) is 31.5 Å². The number of anilines is 1. The lowest BCUT2D eigenvalue weighted by Crippen LogP contribution is -2.37. The molecule has 3 aromatic carbocycles. The van der Waals surface area contributed by atoms with E-state index in [1.54, 1.807) is 6.20 Å². The zero-order valence-corrected chi connectivity index (χ0v) is 22.8. The fourth-order valence-electron chi connectivity index (χ4n) is 6.22. The second-order valence-corrected chi connectivity index (χ2v) is 12.9. The predicted octanol–water partition coefficient (Wildman–Crippen LogP) is 5.86. The summed E-state index contributed by atoms with van der Waals surface area (Å²) in [5.41, 5.74) is -0.435. The summed E-state index contributed by atoms with van der Waals surface area (Å²) in [6, 6.07) is 14.2. The van der Waals surface area contributed by atoms with Gasteiger partial charge in [0.25, 0.3) is 5.91 Å².